The van der Waals surface area contributed by atoms with Crippen LogP contribution in [0.1, 0.15) is 29.9 Å². The highest BCUT2D eigenvalue weighted by atomic mass is 16.3. The maximum atomic E-state index is 12.3. The van der Waals surface area contributed by atoms with Gasteiger partial charge in [-0.2, -0.15) is 0 Å². The number of aryl methyl sites for hydroxylation is 1. The number of furan rings is 1. The fourth-order valence-electron chi connectivity index (χ4n) is 3.32. The third-order valence-electron chi connectivity index (χ3n) is 5.00. The minimum atomic E-state index is -0.0984. The van der Waals surface area contributed by atoms with Crippen molar-refractivity contribution in [2.45, 2.75) is 26.8 Å². The number of anilines is 1. The zero-order chi connectivity index (χ0) is 17.8. The molecule has 1 fully saturated rings. The van der Waals surface area contributed by atoms with Crippen molar-refractivity contribution in [3.8, 4) is 0 Å². The van der Waals surface area contributed by atoms with Crippen LogP contribution in [-0.2, 0) is 4.79 Å². The van der Waals surface area contributed by atoms with Crippen LogP contribution in [0, 0.1) is 13.8 Å². The van der Waals surface area contributed by atoms with Gasteiger partial charge in [0, 0.05) is 31.9 Å². The van der Waals surface area contributed by atoms with Crippen molar-refractivity contribution < 1.29 is 9.21 Å². The summed E-state index contributed by atoms with van der Waals surface area (Å²) in [6.07, 6.45) is 1.63. The molecule has 1 saturated heterocycles. The maximum Gasteiger partial charge on any atom is 0.234 e. The zero-order valence-corrected chi connectivity index (χ0v) is 15.3. The van der Waals surface area contributed by atoms with Gasteiger partial charge in [-0.05, 0) is 50.1 Å². The topological polar surface area (TPSA) is 48.7 Å². The van der Waals surface area contributed by atoms with Crippen molar-refractivity contribution in [1.82, 2.24) is 10.2 Å². The van der Waals surface area contributed by atoms with Crippen LogP contribution in [0.5, 0.6) is 0 Å². The molecule has 2 heterocycles. The highest BCUT2D eigenvalue weighted by Gasteiger charge is 2.21. The Kier molecular flexibility index (Phi) is 5.43. The SMILES string of the molecule is Cc1cccc(N2CCN(CC(=O)N[C@@H](C)c3ccco3)CC2)c1C. The second-order valence-corrected chi connectivity index (χ2v) is 6.79. The highest BCUT2D eigenvalue weighted by molar-refractivity contribution is 5.78. The molecule has 0 saturated carbocycles. The number of benzene rings is 1. The largest absolute Gasteiger partial charge is 0.467 e. The summed E-state index contributed by atoms with van der Waals surface area (Å²) in [7, 11) is 0. The maximum absolute atomic E-state index is 12.3. The van der Waals surface area contributed by atoms with E-state index in [9.17, 15) is 4.79 Å². The number of amides is 1. The summed E-state index contributed by atoms with van der Waals surface area (Å²) in [5.74, 6) is 0.831. The Hall–Kier alpha value is -2.27. The Bertz CT molecular complexity index is 704. The Labute approximate surface area is 149 Å². The highest BCUT2D eigenvalue weighted by Crippen LogP contribution is 2.23. The van der Waals surface area contributed by atoms with Crippen molar-refractivity contribution in [1.29, 1.82) is 0 Å². The summed E-state index contributed by atoms with van der Waals surface area (Å²) in [5, 5.41) is 3.00. The molecule has 0 aliphatic carbocycles. The third-order valence-corrected chi connectivity index (χ3v) is 5.00. The summed E-state index contributed by atoms with van der Waals surface area (Å²) in [4.78, 5) is 16.9. The first-order valence-corrected chi connectivity index (χ1v) is 8.91. The molecule has 1 atom stereocenters. The molecule has 1 aliphatic heterocycles. The predicted octanol–water partition coefficient (Wildman–Crippen LogP) is 2.90. The summed E-state index contributed by atoms with van der Waals surface area (Å²) in [6.45, 7) is 10.4. The minimum absolute atomic E-state index is 0.0455. The molecule has 1 amide bonds. The van der Waals surface area contributed by atoms with E-state index < -0.39 is 0 Å². The van der Waals surface area contributed by atoms with E-state index in [4.69, 9.17) is 4.42 Å². The molecular weight excluding hydrogens is 314 g/mol. The number of hydrogen-bond acceptors (Lipinski definition) is 4. The van der Waals surface area contributed by atoms with E-state index in [-0.39, 0.29) is 11.9 Å². The average Bonchev–Trinajstić information content (AvgIpc) is 3.13. The van der Waals surface area contributed by atoms with E-state index in [1.54, 1.807) is 6.26 Å². The van der Waals surface area contributed by atoms with Gasteiger partial charge in [0.25, 0.3) is 0 Å². The van der Waals surface area contributed by atoms with Gasteiger partial charge in [-0.3, -0.25) is 9.69 Å². The number of carbonyl (C=O) groups excluding carboxylic acids is 1. The fourth-order valence-corrected chi connectivity index (χ4v) is 3.32. The quantitative estimate of drug-likeness (QED) is 0.908. The van der Waals surface area contributed by atoms with Crippen LogP contribution in [0.25, 0.3) is 0 Å². The lowest BCUT2D eigenvalue weighted by molar-refractivity contribution is -0.123. The fraction of sp³-hybridized carbons (Fsp3) is 0.450. The number of hydrogen-bond donors (Lipinski definition) is 1. The predicted molar refractivity (Wildman–Crippen MR) is 99.8 cm³/mol. The van der Waals surface area contributed by atoms with Crippen LogP contribution >= 0.6 is 0 Å². The van der Waals surface area contributed by atoms with Crippen molar-refractivity contribution in [3.05, 3.63) is 53.5 Å². The van der Waals surface area contributed by atoms with Gasteiger partial charge in [0.05, 0.1) is 18.8 Å². The van der Waals surface area contributed by atoms with E-state index in [1.807, 2.05) is 19.1 Å². The Morgan fingerprint density at radius 3 is 2.60 bits per heavy atom. The van der Waals surface area contributed by atoms with Crippen LogP contribution in [0.4, 0.5) is 5.69 Å². The first-order chi connectivity index (χ1) is 12.0. The smallest absolute Gasteiger partial charge is 0.234 e. The molecule has 0 spiro atoms. The molecule has 0 unspecified atom stereocenters. The summed E-state index contributed by atoms with van der Waals surface area (Å²) in [5.41, 5.74) is 3.99. The normalized spacial score (nSPS) is 16.7. The molecular formula is C20H27N3O2. The lowest BCUT2D eigenvalue weighted by Gasteiger charge is -2.36. The molecule has 1 aromatic heterocycles. The van der Waals surface area contributed by atoms with E-state index >= 15 is 0 Å². The third kappa shape index (κ3) is 4.23. The van der Waals surface area contributed by atoms with Gasteiger partial charge in [-0.25, -0.2) is 0 Å². The molecule has 134 valence electrons. The lowest BCUT2D eigenvalue weighted by Crippen LogP contribution is -2.49. The van der Waals surface area contributed by atoms with Crippen LogP contribution in [0.2, 0.25) is 0 Å². The van der Waals surface area contributed by atoms with E-state index in [0.717, 1.165) is 31.9 Å². The molecule has 3 rings (SSSR count). The lowest BCUT2D eigenvalue weighted by atomic mass is 10.1. The van der Waals surface area contributed by atoms with Crippen molar-refractivity contribution in [3.63, 3.8) is 0 Å². The summed E-state index contributed by atoms with van der Waals surface area (Å²) in [6, 6.07) is 10.1. The van der Waals surface area contributed by atoms with E-state index in [1.165, 1.54) is 16.8 Å². The van der Waals surface area contributed by atoms with Crippen molar-refractivity contribution in [2.24, 2.45) is 0 Å². The van der Waals surface area contributed by atoms with Gasteiger partial charge in [-0.1, -0.05) is 12.1 Å². The molecule has 1 N–H and O–H groups in total. The standard InChI is InChI=1S/C20H27N3O2/c1-15-6-4-7-18(16(15)2)23-11-9-22(10-12-23)14-20(24)21-17(3)19-8-5-13-25-19/h4-8,13,17H,9-12,14H2,1-3H3,(H,21,24)/t17-/m0/s1. The van der Waals surface area contributed by atoms with Crippen molar-refractivity contribution in [2.75, 3.05) is 37.6 Å². The first-order valence-electron chi connectivity index (χ1n) is 8.91. The molecule has 25 heavy (non-hydrogen) atoms. The van der Waals surface area contributed by atoms with Crippen molar-refractivity contribution >= 4 is 11.6 Å². The van der Waals surface area contributed by atoms with Gasteiger partial charge in [-0.15, -0.1) is 0 Å². The number of nitrogens with one attached hydrogen (secondary N) is 1. The number of rotatable bonds is 5. The molecule has 1 aliphatic rings. The molecule has 5 nitrogen and oxygen atoms in total. The molecule has 2 aromatic rings. The van der Waals surface area contributed by atoms with Crippen LogP contribution in [0.3, 0.4) is 0 Å². The van der Waals surface area contributed by atoms with Gasteiger partial charge < -0.3 is 14.6 Å². The number of nitrogens with zero attached hydrogens (tertiary/aromatic N) is 2. The van der Waals surface area contributed by atoms with E-state index in [0.29, 0.717) is 6.54 Å². The number of piperazine rings is 1. The van der Waals surface area contributed by atoms with Gasteiger partial charge >= 0.3 is 0 Å². The van der Waals surface area contributed by atoms with Crippen LogP contribution in [0.15, 0.2) is 41.0 Å². The first kappa shape index (κ1) is 17.5. The zero-order valence-electron chi connectivity index (χ0n) is 15.3. The summed E-state index contributed by atoms with van der Waals surface area (Å²) < 4.78 is 5.34. The Morgan fingerprint density at radius 2 is 1.92 bits per heavy atom. The van der Waals surface area contributed by atoms with Gasteiger partial charge in [0.15, 0.2) is 0 Å². The van der Waals surface area contributed by atoms with Gasteiger partial charge in [0.2, 0.25) is 5.91 Å². The molecule has 5 heteroatoms. The second-order valence-electron chi connectivity index (χ2n) is 6.79. The average molecular weight is 341 g/mol. The van der Waals surface area contributed by atoms with Gasteiger partial charge in [0.1, 0.15) is 5.76 Å². The summed E-state index contributed by atoms with van der Waals surface area (Å²) >= 11 is 0. The minimum Gasteiger partial charge on any atom is -0.467 e. The number of carbonyl (C=O) groups is 1. The van der Waals surface area contributed by atoms with E-state index in [2.05, 4.69) is 47.2 Å². The van der Waals surface area contributed by atoms with Crippen LogP contribution < -0.4 is 10.2 Å². The van der Waals surface area contributed by atoms with Crippen LogP contribution in [-0.4, -0.2) is 43.5 Å². The molecule has 0 radical (unpaired) electrons. The second kappa shape index (κ2) is 7.74. The Balaban J connectivity index is 1.49. The Morgan fingerprint density at radius 1 is 1.16 bits per heavy atom. The monoisotopic (exact) mass is 341 g/mol. The molecule has 1 aromatic carbocycles. The molecule has 0 bridgehead atoms.